The van der Waals surface area contributed by atoms with Crippen molar-refractivity contribution >= 4 is 5.91 Å². The largest absolute Gasteiger partial charge is 0.338 e. The van der Waals surface area contributed by atoms with E-state index < -0.39 is 0 Å². The van der Waals surface area contributed by atoms with E-state index in [0.29, 0.717) is 24.4 Å². The van der Waals surface area contributed by atoms with Crippen LogP contribution in [0.3, 0.4) is 0 Å². The zero-order valence-electron chi connectivity index (χ0n) is 12.8. The Morgan fingerprint density at radius 2 is 1.95 bits per heavy atom. The highest BCUT2D eigenvalue weighted by Crippen LogP contribution is 2.28. The number of carbonyl (C=O) groups excluding carboxylic acids is 1. The molecule has 1 fully saturated rings. The van der Waals surface area contributed by atoms with Crippen LogP contribution in [0.15, 0.2) is 24.3 Å². The summed E-state index contributed by atoms with van der Waals surface area (Å²) in [6.45, 7) is 3.57. The molecule has 0 unspecified atom stereocenters. The Morgan fingerprint density at radius 1 is 1.29 bits per heavy atom. The van der Waals surface area contributed by atoms with Crippen LogP contribution in [0, 0.1) is 17.2 Å². The molecule has 0 saturated heterocycles. The highest BCUT2D eigenvalue weighted by atomic mass is 16.2. The lowest BCUT2D eigenvalue weighted by Gasteiger charge is -2.24. The SMILES string of the molecule is CCCN(Cc1ccc(C#N)cc1)C(=O)CC1CCCC1. The number of rotatable bonds is 6. The van der Waals surface area contributed by atoms with Crippen molar-refractivity contribution in [3.05, 3.63) is 35.4 Å². The van der Waals surface area contributed by atoms with Gasteiger partial charge in [0, 0.05) is 19.5 Å². The molecule has 1 aliphatic rings. The fraction of sp³-hybridized carbons (Fsp3) is 0.556. The summed E-state index contributed by atoms with van der Waals surface area (Å²) in [5, 5.41) is 8.83. The minimum Gasteiger partial charge on any atom is -0.338 e. The monoisotopic (exact) mass is 284 g/mol. The zero-order chi connectivity index (χ0) is 15.1. The quantitative estimate of drug-likeness (QED) is 0.795. The molecular formula is C18H24N2O. The molecule has 21 heavy (non-hydrogen) atoms. The minimum absolute atomic E-state index is 0.285. The van der Waals surface area contributed by atoms with Gasteiger partial charge < -0.3 is 4.90 Å². The van der Waals surface area contributed by atoms with Gasteiger partial charge in [-0.15, -0.1) is 0 Å². The molecule has 2 rings (SSSR count). The molecule has 3 heteroatoms. The number of amides is 1. The lowest BCUT2D eigenvalue weighted by atomic mass is 10.0. The normalized spacial score (nSPS) is 14.9. The molecule has 1 amide bonds. The third kappa shape index (κ3) is 4.60. The van der Waals surface area contributed by atoms with E-state index in [0.717, 1.165) is 18.5 Å². The van der Waals surface area contributed by atoms with Crippen LogP contribution in [0.1, 0.15) is 56.6 Å². The van der Waals surface area contributed by atoms with Crippen molar-refractivity contribution in [1.82, 2.24) is 4.90 Å². The minimum atomic E-state index is 0.285. The lowest BCUT2D eigenvalue weighted by molar-refractivity contribution is -0.132. The van der Waals surface area contributed by atoms with Crippen molar-refractivity contribution in [2.24, 2.45) is 5.92 Å². The van der Waals surface area contributed by atoms with Gasteiger partial charge in [-0.2, -0.15) is 5.26 Å². The number of carbonyl (C=O) groups is 1. The Kier molecular flexibility index (Phi) is 5.80. The number of hydrogen-bond donors (Lipinski definition) is 0. The Balaban J connectivity index is 1.96. The van der Waals surface area contributed by atoms with Crippen LogP contribution in [-0.4, -0.2) is 17.4 Å². The fourth-order valence-corrected chi connectivity index (χ4v) is 3.06. The maximum atomic E-state index is 12.5. The Labute approximate surface area is 127 Å². The Morgan fingerprint density at radius 3 is 2.52 bits per heavy atom. The molecule has 0 aliphatic heterocycles. The van der Waals surface area contributed by atoms with Gasteiger partial charge in [-0.3, -0.25) is 4.79 Å². The molecule has 3 nitrogen and oxygen atoms in total. The van der Waals surface area contributed by atoms with E-state index in [4.69, 9.17) is 5.26 Å². The van der Waals surface area contributed by atoms with E-state index in [1.54, 1.807) is 0 Å². The molecule has 0 aromatic heterocycles. The van der Waals surface area contributed by atoms with Crippen molar-refractivity contribution in [3.8, 4) is 6.07 Å². The lowest BCUT2D eigenvalue weighted by Crippen LogP contribution is -2.32. The first-order chi connectivity index (χ1) is 10.2. The van der Waals surface area contributed by atoms with Gasteiger partial charge in [0.1, 0.15) is 0 Å². The van der Waals surface area contributed by atoms with E-state index in [-0.39, 0.29) is 5.91 Å². The van der Waals surface area contributed by atoms with Crippen molar-refractivity contribution in [2.75, 3.05) is 6.54 Å². The smallest absolute Gasteiger partial charge is 0.223 e. The number of hydrogen-bond acceptors (Lipinski definition) is 2. The summed E-state index contributed by atoms with van der Waals surface area (Å²) in [4.78, 5) is 14.5. The molecule has 1 aromatic rings. The van der Waals surface area contributed by atoms with Crippen LogP contribution in [0.25, 0.3) is 0 Å². The van der Waals surface area contributed by atoms with E-state index in [1.807, 2.05) is 29.2 Å². The molecular weight excluding hydrogens is 260 g/mol. The van der Waals surface area contributed by atoms with E-state index in [9.17, 15) is 4.79 Å². The van der Waals surface area contributed by atoms with Crippen LogP contribution >= 0.6 is 0 Å². The summed E-state index contributed by atoms with van der Waals surface area (Å²) in [5.41, 5.74) is 1.76. The van der Waals surface area contributed by atoms with Gasteiger partial charge in [0.2, 0.25) is 5.91 Å². The zero-order valence-corrected chi connectivity index (χ0v) is 12.8. The first-order valence-electron chi connectivity index (χ1n) is 7.99. The van der Waals surface area contributed by atoms with Crippen LogP contribution < -0.4 is 0 Å². The van der Waals surface area contributed by atoms with Crippen LogP contribution in [-0.2, 0) is 11.3 Å². The molecule has 1 aromatic carbocycles. The summed E-state index contributed by atoms with van der Waals surface area (Å²) >= 11 is 0. The summed E-state index contributed by atoms with van der Waals surface area (Å²) in [5.74, 6) is 0.880. The average molecular weight is 284 g/mol. The third-order valence-electron chi connectivity index (χ3n) is 4.24. The first kappa shape index (κ1) is 15.6. The van der Waals surface area contributed by atoms with Crippen molar-refractivity contribution in [3.63, 3.8) is 0 Å². The van der Waals surface area contributed by atoms with Gasteiger partial charge in [0.15, 0.2) is 0 Å². The molecule has 1 saturated carbocycles. The standard InChI is InChI=1S/C18H24N2O/c1-2-11-20(18(21)12-15-5-3-4-6-15)14-17-9-7-16(13-19)8-10-17/h7-10,15H,2-6,11-12,14H2,1H3. The third-order valence-corrected chi connectivity index (χ3v) is 4.24. The topological polar surface area (TPSA) is 44.1 Å². The van der Waals surface area contributed by atoms with Crippen molar-refractivity contribution in [1.29, 1.82) is 5.26 Å². The number of benzene rings is 1. The highest BCUT2D eigenvalue weighted by Gasteiger charge is 2.21. The predicted octanol–water partition coefficient (Wildman–Crippen LogP) is 3.88. The second kappa shape index (κ2) is 7.83. The summed E-state index contributed by atoms with van der Waals surface area (Å²) in [6.07, 6.45) is 6.66. The molecule has 0 bridgehead atoms. The van der Waals surface area contributed by atoms with Gasteiger partial charge >= 0.3 is 0 Å². The average Bonchev–Trinajstić information content (AvgIpc) is 3.00. The summed E-state index contributed by atoms with van der Waals surface area (Å²) in [7, 11) is 0. The molecule has 0 atom stereocenters. The van der Waals surface area contributed by atoms with Crippen molar-refractivity contribution in [2.45, 2.75) is 52.0 Å². The maximum Gasteiger partial charge on any atom is 0.223 e. The fourth-order valence-electron chi connectivity index (χ4n) is 3.06. The second-order valence-electron chi connectivity index (χ2n) is 5.98. The Bertz CT molecular complexity index is 495. The van der Waals surface area contributed by atoms with Gasteiger partial charge in [-0.25, -0.2) is 0 Å². The van der Waals surface area contributed by atoms with Gasteiger partial charge in [-0.05, 0) is 42.9 Å². The van der Waals surface area contributed by atoms with Gasteiger partial charge in [0.25, 0.3) is 0 Å². The van der Waals surface area contributed by atoms with Crippen LogP contribution in [0.2, 0.25) is 0 Å². The van der Waals surface area contributed by atoms with Crippen LogP contribution in [0.5, 0.6) is 0 Å². The van der Waals surface area contributed by atoms with Gasteiger partial charge in [-0.1, -0.05) is 31.9 Å². The van der Waals surface area contributed by atoms with E-state index in [1.165, 1.54) is 25.7 Å². The van der Waals surface area contributed by atoms with E-state index in [2.05, 4.69) is 13.0 Å². The summed E-state index contributed by atoms with van der Waals surface area (Å²) < 4.78 is 0. The first-order valence-corrected chi connectivity index (χ1v) is 7.99. The Hall–Kier alpha value is -1.82. The molecule has 0 spiro atoms. The van der Waals surface area contributed by atoms with Crippen LogP contribution in [0.4, 0.5) is 0 Å². The van der Waals surface area contributed by atoms with Gasteiger partial charge in [0.05, 0.1) is 11.6 Å². The molecule has 0 radical (unpaired) electrons. The predicted molar refractivity (Wildman–Crippen MR) is 83.4 cm³/mol. The number of nitriles is 1. The number of nitrogens with zero attached hydrogens (tertiary/aromatic N) is 2. The maximum absolute atomic E-state index is 12.5. The second-order valence-corrected chi connectivity index (χ2v) is 5.98. The summed E-state index contributed by atoms with van der Waals surface area (Å²) in [6, 6.07) is 9.66. The molecule has 112 valence electrons. The highest BCUT2D eigenvalue weighted by molar-refractivity contribution is 5.76. The molecule has 1 aliphatic carbocycles. The molecule has 0 N–H and O–H groups in total. The molecule has 0 heterocycles. The van der Waals surface area contributed by atoms with E-state index >= 15 is 0 Å². The van der Waals surface area contributed by atoms with Crippen molar-refractivity contribution < 1.29 is 4.79 Å².